The summed E-state index contributed by atoms with van der Waals surface area (Å²) in [5.41, 5.74) is 1.94. The Morgan fingerprint density at radius 2 is 1.96 bits per heavy atom. The Morgan fingerprint density at radius 3 is 2.64 bits per heavy atom. The maximum Gasteiger partial charge on any atom is 0.408 e. The molecule has 144 valence electrons. The molecule has 0 radical (unpaired) electrons. The van der Waals surface area contributed by atoms with E-state index in [-0.39, 0.29) is 11.6 Å². The molecule has 1 aliphatic carbocycles. The second-order valence-electron chi connectivity index (χ2n) is 7.20. The van der Waals surface area contributed by atoms with Gasteiger partial charge in [0.1, 0.15) is 16.6 Å². The number of carbonyl (C=O) groups is 1. The highest BCUT2D eigenvalue weighted by atomic mass is 35.5. The van der Waals surface area contributed by atoms with Crippen molar-refractivity contribution in [2.24, 2.45) is 0 Å². The van der Waals surface area contributed by atoms with E-state index in [4.69, 9.17) is 27.9 Å². The van der Waals surface area contributed by atoms with Crippen molar-refractivity contribution in [2.45, 2.75) is 24.4 Å². The predicted octanol–water partition coefficient (Wildman–Crippen LogP) is 4.31. The van der Waals surface area contributed by atoms with E-state index in [1.165, 1.54) is 6.33 Å². The van der Waals surface area contributed by atoms with Crippen LogP contribution in [0.4, 0.5) is 4.79 Å². The highest BCUT2D eigenvalue weighted by Crippen LogP contribution is 2.48. The van der Waals surface area contributed by atoms with Gasteiger partial charge in [-0.2, -0.15) is 0 Å². The lowest BCUT2D eigenvalue weighted by molar-refractivity contribution is -0.0498. The molecule has 3 aromatic rings. The van der Waals surface area contributed by atoms with Crippen molar-refractivity contribution in [1.29, 1.82) is 0 Å². The molecule has 9 heteroatoms. The summed E-state index contributed by atoms with van der Waals surface area (Å²) in [7, 11) is 0. The third-order valence-electron chi connectivity index (χ3n) is 5.54. The van der Waals surface area contributed by atoms with Crippen LogP contribution < -0.4 is 0 Å². The van der Waals surface area contributed by atoms with E-state index >= 15 is 0 Å². The van der Waals surface area contributed by atoms with Crippen molar-refractivity contribution in [3.63, 3.8) is 0 Å². The van der Waals surface area contributed by atoms with Crippen LogP contribution in [-0.4, -0.2) is 49.4 Å². The third-order valence-corrected chi connectivity index (χ3v) is 6.12. The van der Waals surface area contributed by atoms with Gasteiger partial charge in [-0.25, -0.2) is 14.8 Å². The third kappa shape index (κ3) is 2.65. The zero-order chi connectivity index (χ0) is 19.5. The quantitative estimate of drug-likeness (QED) is 0.627. The van der Waals surface area contributed by atoms with E-state index in [1.54, 1.807) is 15.5 Å². The first-order valence-corrected chi connectivity index (χ1v) is 9.64. The van der Waals surface area contributed by atoms with Crippen LogP contribution in [0.25, 0.3) is 16.7 Å². The largest absolute Gasteiger partial charge is 0.465 e. The summed E-state index contributed by atoms with van der Waals surface area (Å²) in [6.07, 6.45) is 2.18. The molecule has 1 atom stereocenters. The molecular formula is C19H16Cl2N4O3. The minimum atomic E-state index is -0.902. The van der Waals surface area contributed by atoms with Gasteiger partial charge in [0, 0.05) is 5.69 Å². The fourth-order valence-electron chi connectivity index (χ4n) is 3.99. The summed E-state index contributed by atoms with van der Waals surface area (Å²) in [6, 6.07) is 9.01. The molecule has 2 fully saturated rings. The summed E-state index contributed by atoms with van der Waals surface area (Å²) in [6.45, 7) is 0.822. The minimum absolute atomic E-state index is 0.323. The van der Waals surface area contributed by atoms with Crippen LogP contribution in [0.5, 0.6) is 0 Å². The first-order valence-electron chi connectivity index (χ1n) is 8.88. The standard InChI is InChI=1S/C19H16Cl2N4O3/c20-15-7-13-16(21)22-10-23-17(13)24(15)12-3-1-11(2-4-12)14-8-28-9-19(5-6-19)25(14)18(26)27/h1-4,7,10,14H,5-6,8-9H2,(H,26,27). The number of amides is 1. The van der Waals surface area contributed by atoms with Gasteiger partial charge in [-0.15, -0.1) is 0 Å². The van der Waals surface area contributed by atoms with E-state index in [1.807, 2.05) is 24.3 Å². The molecule has 2 aromatic heterocycles. The van der Waals surface area contributed by atoms with Crippen molar-refractivity contribution < 1.29 is 14.6 Å². The smallest absolute Gasteiger partial charge is 0.408 e. The summed E-state index contributed by atoms with van der Waals surface area (Å²) in [4.78, 5) is 21.7. The van der Waals surface area contributed by atoms with E-state index in [0.29, 0.717) is 34.6 Å². The predicted molar refractivity (Wildman–Crippen MR) is 104 cm³/mol. The van der Waals surface area contributed by atoms with Crippen LogP contribution in [0.3, 0.4) is 0 Å². The summed E-state index contributed by atoms with van der Waals surface area (Å²) in [5, 5.41) is 11.2. The van der Waals surface area contributed by atoms with Gasteiger partial charge in [-0.1, -0.05) is 35.3 Å². The monoisotopic (exact) mass is 418 g/mol. The van der Waals surface area contributed by atoms with Crippen molar-refractivity contribution in [3.8, 4) is 5.69 Å². The molecule has 1 aliphatic heterocycles. The van der Waals surface area contributed by atoms with E-state index in [9.17, 15) is 9.90 Å². The van der Waals surface area contributed by atoms with Gasteiger partial charge in [0.15, 0.2) is 5.65 Å². The highest BCUT2D eigenvalue weighted by molar-refractivity contribution is 6.36. The van der Waals surface area contributed by atoms with Crippen molar-refractivity contribution in [2.75, 3.05) is 13.2 Å². The second-order valence-corrected chi connectivity index (χ2v) is 7.95. The zero-order valence-electron chi connectivity index (χ0n) is 14.7. The molecule has 1 unspecified atom stereocenters. The average molecular weight is 419 g/mol. The number of nitrogens with zero attached hydrogens (tertiary/aromatic N) is 4. The Kier molecular flexibility index (Phi) is 4.01. The summed E-state index contributed by atoms with van der Waals surface area (Å²) in [5.74, 6) is 0. The lowest BCUT2D eigenvalue weighted by atomic mass is 10.0. The molecule has 28 heavy (non-hydrogen) atoms. The number of hydrogen-bond acceptors (Lipinski definition) is 4. The van der Waals surface area contributed by atoms with Crippen LogP contribution in [-0.2, 0) is 4.74 Å². The molecule has 7 nitrogen and oxygen atoms in total. The molecule has 2 aliphatic rings. The summed E-state index contributed by atoms with van der Waals surface area (Å²) >= 11 is 12.5. The van der Waals surface area contributed by atoms with E-state index in [2.05, 4.69) is 9.97 Å². The van der Waals surface area contributed by atoms with Crippen molar-refractivity contribution >= 4 is 40.3 Å². The normalized spacial score (nSPS) is 20.6. The van der Waals surface area contributed by atoms with E-state index in [0.717, 1.165) is 24.1 Å². The van der Waals surface area contributed by atoms with Crippen molar-refractivity contribution in [1.82, 2.24) is 19.4 Å². The number of aromatic nitrogens is 3. The van der Waals surface area contributed by atoms with Crippen LogP contribution in [0.1, 0.15) is 24.4 Å². The fraction of sp³-hybridized carbons (Fsp3) is 0.316. The Labute approximate surface area is 170 Å². The van der Waals surface area contributed by atoms with Gasteiger partial charge in [0.2, 0.25) is 0 Å². The van der Waals surface area contributed by atoms with Crippen LogP contribution in [0.2, 0.25) is 10.3 Å². The van der Waals surface area contributed by atoms with Gasteiger partial charge >= 0.3 is 6.09 Å². The Balaban J connectivity index is 1.52. The van der Waals surface area contributed by atoms with E-state index < -0.39 is 6.09 Å². The molecule has 1 amide bonds. The van der Waals surface area contributed by atoms with Crippen LogP contribution >= 0.6 is 23.2 Å². The Morgan fingerprint density at radius 1 is 1.21 bits per heavy atom. The maximum atomic E-state index is 11.9. The number of morpholine rings is 1. The first-order chi connectivity index (χ1) is 13.5. The zero-order valence-corrected chi connectivity index (χ0v) is 16.2. The maximum absolute atomic E-state index is 11.9. The highest BCUT2D eigenvalue weighted by Gasteiger charge is 2.55. The molecule has 5 rings (SSSR count). The van der Waals surface area contributed by atoms with Gasteiger partial charge in [-0.3, -0.25) is 9.47 Å². The van der Waals surface area contributed by atoms with Crippen LogP contribution in [0.15, 0.2) is 36.7 Å². The lowest BCUT2D eigenvalue weighted by Gasteiger charge is -2.41. The molecule has 1 spiro atoms. The summed E-state index contributed by atoms with van der Waals surface area (Å²) < 4.78 is 7.50. The van der Waals surface area contributed by atoms with Gasteiger partial charge in [0.05, 0.1) is 30.2 Å². The average Bonchev–Trinajstić information content (AvgIpc) is 3.34. The first kappa shape index (κ1) is 17.7. The molecule has 3 heterocycles. The minimum Gasteiger partial charge on any atom is -0.465 e. The van der Waals surface area contributed by atoms with Gasteiger partial charge in [0.25, 0.3) is 0 Å². The lowest BCUT2D eigenvalue weighted by Crippen LogP contribution is -2.51. The Bertz CT molecular complexity index is 1080. The number of fused-ring (bicyclic) bond motifs is 1. The van der Waals surface area contributed by atoms with Gasteiger partial charge in [-0.05, 0) is 36.6 Å². The SMILES string of the molecule is O=C(O)N1C(c2ccc(-n3c(Cl)cc4c(Cl)ncnc43)cc2)COCC12CC2. The second kappa shape index (κ2) is 6.34. The molecule has 1 N–H and O–H groups in total. The number of rotatable bonds is 2. The van der Waals surface area contributed by atoms with Gasteiger partial charge < -0.3 is 9.84 Å². The fourth-order valence-corrected chi connectivity index (χ4v) is 4.46. The molecular weight excluding hydrogens is 403 g/mol. The number of ether oxygens (including phenoxy) is 1. The number of carboxylic acid groups (broad SMARTS) is 1. The molecule has 1 saturated heterocycles. The number of hydrogen-bond donors (Lipinski definition) is 1. The molecule has 0 bridgehead atoms. The molecule has 1 saturated carbocycles. The topological polar surface area (TPSA) is 80.5 Å². The molecule has 1 aromatic carbocycles. The van der Waals surface area contributed by atoms with Crippen molar-refractivity contribution in [3.05, 3.63) is 52.5 Å². The van der Waals surface area contributed by atoms with Crippen LogP contribution in [0, 0.1) is 0 Å². The number of benzene rings is 1. The number of halogens is 2. The Hall–Kier alpha value is -2.35.